The fourth-order valence-corrected chi connectivity index (χ4v) is 5.79. The van der Waals surface area contributed by atoms with Gasteiger partial charge in [0.15, 0.2) is 0 Å². The zero-order chi connectivity index (χ0) is 28.2. The minimum absolute atomic E-state index is 0.115. The minimum atomic E-state index is -0.242. The monoisotopic (exact) mass is 545 g/mol. The zero-order valence-corrected chi connectivity index (χ0v) is 23.3. The van der Waals surface area contributed by atoms with Crippen LogP contribution >= 0.6 is 0 Å². The standard InChI is InChI=1S/C33H35N7O/c1-35-33-37-28-19-27-29(38-32(34)40-31(27)41)26(30(28)39-33)17-18-36-20-23-11-9-21(10-12-23)7-8-22-13-15-25(16-14-22)24-5-3-2-4-6-24/h2-6,13-16,19,21,23,36H,9-12,17-18,20H2,1H3,(H2,35,37,39)(H3,34,38,40,41). The topological polar surface area (TPSA) is 125 Å². The molecule has 0 atom stereocenters. The number of nitrogens with one attached hydrogen (secondary N) is 4. The molecule has 0 saturated heterocycles. The predicted molar refractivity (Wildman–Crippen MR) is 167 cm³/mol. The van der Waals surface area contributed by atoms with Crippen molar-refractivity contribution in [1.29, 1.82) is 0 Å². The van der Waals surface area contributed by atoms with Gasteiger partial charge in [0.05, 0.1) is 21.9 Å². The Bertz CT molecular complexity index is 1770. The molecular formula is C33H35N7O. The lowest BCUT2D eigenvalue weighted by Crippen LogP contribution is -2.28. The number of rotatable bonds is 7. The van der Waals surface area contributed by atoms with Gasteiger partial charge in [-0.3, -0.25) is 9.78 Å². The Labute approximate surface area is 239 Å². The van der Waals surface area contributed by atoms with E-state index in [4.69, 9.17) is 5.73 Å². The van der Waals surface area contributed by atoms with Gasteiger partial charge in [-0.15, -0.1) is 0 Å². The van der Waals surface area contributed by atoms with Gasteiger partial charge in [-0.2, -0.15) is 0 Å². The molecule has 1 fully saturated rings. The summed E-state index contributed by atoms with van der Waals surface area (Å²) in [7, 11) is 1.81. The molecule has 41 heavy (non-hydrogen) atoms. The number of nitrogens with zero attached hydrogens (tertiary/aromatic N) is 2. The summed E-state index contributed by atoms with van der Waals surface area (Å²) < 4.78 is 0. The predicted octanol–water partition coefficient (Wildman–Crippen LogP) is 5.08. The summed E-state index contributed by atoms with van der Waals surface area (Å²) in [6, 6.07) is 20.8. The quantitative estimate of drug-likeness (QED) is 0.144. The molecule has 0 bridgehead atoms. The van der Waals surface area contributed by atoms with Crippen LogP contribution in [0.15, 0.2) is 65.5 Å². The Morgan fingerprint density at radius 2 is 1.71 bits per heavy atom. The number of aromatic amines is 2. The molecule has 2 heterocycles. The fraction of sp³-hybridized carbons (Fsp3) is 0.303. The van der Waals surface area contributed by atoms with Crippen molar-refractivity contribution >= 4 is 33.8 Å². The molecule has 0 amide bonds. The molecule has 1 saturated carbocycles. The Balaban J connectivity index is 1.03. The van der Waals surface area contributed by atoms with E-state index < -0.39 is 0 Å². The van der Waals surface area contributed by atoms with E-state index in [-0.39, 0.29) is 11.5 Å². The number of aromatic nitrogens is 4. The maximum Gasteiger partial charge on any atom is 0.260 e. The van der Waals surface area contributed by atoms with Crippen LogP contribution in [0.3, 0.4) is 0 Å². The maximum absolute atomic E-state index is 12.6. The number of nitrogens with two attached hydrogens (primary N) is 1. The van der Waals surface area contributed by atoms with E-state index in [1.807, 2.05) is 13.1 Å². The average molecular weight is 546 g/mol. The van der Waals surface area contributed by atoms with Crippen molar-refractivity contribution in [3.8, 4) is 23.0 Å². The third-order valence-corrected chi connectivity index (χ3v) is 8.05. The first-order chi connectivity index (χ1) is 20.1. The SMILES string of the molecule is CNc1nc2c(CCNCC3CCC(C#Cc4ccc(-c5ccccc5)cc4)CC3)c3nc(N)[nH]c(=O)c3cc2[nH]1. The first kappa shape index (κ1) is 26.6. The summed E-state index contributed by atoms with van der Waals surface area (Å²) in [5.41, 5.74) is 12.3. The Morgan fingerprint density at radius 1 is 0.951 bits per heavy atom. The molecule has 0 spiro atoms. The number of nitrogen functional groups attached to an aromatic ring is 1. The molecule has 8 heteroatoms. The van der Waals surface area contributed by atoms with Crippen LogP contribution in [0.1, 0.15) is 36.8 Å². The number of anilines is 2. The molecule has 0 aliphatic heterocycles. The van der Waals surface area contributed by atoms with Crippen LogP contribution in [0, 0.1) is 23.7 Å². The molecule has 6 rings (SSSR count). The van der Waals surface area contributed by atoms with Crippen LogP contribution in [-0.4, -0.2) is 40.1 Å². The van der Waals surface area contributed by atoms with Crippen LogP contribution in [0.4, 0.5) is 11.9 Å². The highest BCUT2D eigenvalue weighted by atomic mass is 16.1. The lowest BCUT2D eigenvalue weighted by molar-refractivity contribution is 0.306. The first-order valence-corrected chi connectivity index (χ1v) is 14.3. The minimum Gasteiger partial charge on any atom is -0.369 e. The van der Waals surface area contributed by atoms with Crippen LogP contribution in [-0.2, 0) is 6.42 Å². The molecule has 6 N–H and O–H groups in total. The third-order valence-electron chi connectivity index (χ3n) is 8.05. The van der Waals surface area contributed by atoms with E-state index in [0.717, 1.165) is 48.1 Å². The molecule has 208 valence electrons. The summed E-state index contributed by atoms with van der Waals surface area (Å²) in [5.74, 6) is 8.80. The molecule has 3 aromatic carbocycles. The lowest BCUT2D eigenvalue weighted by Gasteiger charge is -2.26. The van der Waals surface area contributed by atoms with Gasteiger partial charge in [-0.25, -0.2) is 9.97 Å². The second-order valence-electron chi connectivity index (χ2n) is 10.8. The van der Waals surface area contributed by atoms with Gasteiger partial charge in [0.25, 0.3) is 5.56 Å². The highest BCUT2D eigenvalue weighted by molar-refractivity contribution is 5.98. The molecule has 0 radical (unpaired) electrons. The molecule has 1 aliphatic carbocycles. The van der Waals surface area contributed by atoms with Crippen molar-refractivity contribution in [1.82, 2.24) is 25.3 Å². The summed E-state index contributed by atoms with van der Waals surface area (Å²) in [5, 5.41) is 7.19. The van der Waals surface area contributed by atoms with E-state index in [2.05, 4.69) is 90.9 Å². The van der Waals surface area contributed by atoms with Gasteiger partial charge in [-0.1, -0.05) is 54.3 Å². The van der Waals surface area contributed by atoms with E-state index in [1.165, 1.54) is 24.0 Å². The smallest absolute Gasteiger partial charge is 0.260 e. The first-order valence-electron chi connectivity index (χ1n) is 14.3. The maximum atomic E-state index is 12.6. The van der Waals surface area contributed by atoms with Crippen molar-refractivity contribution in [3.05, 3.63) is 82.1 Å². The Morgan fingerprint density at radius 3 is 2.46 bits per heavy atom. The molecule has 0 unspecified atom stereocenters. The lowest BCUT2D eigenvalue weighted by atomic mass is 9.82. The van der Waals surface area contributed by atoms with E-state index in [1.54, 1.807) is 6.07 Å². The second-order valence-corrected chi connectivity index (χ2v) is 10.8. The highest BCUT2D eigenvalue weighted by Crippen LogP contribution is 2.29. The van der Waals surface area contributed by atoms with E-state index in [9.17, 15) is 4.79 Å². The van der Waals surface area contributed by atoms with Crippen molar-refractivity contribution in [2.75, 3.05) is 31.2 Å². The summed E-state index contributed by atoms with van der Waals surface area (Å²) >= 11 is 0. The van der Waals surface area contributed by atoms with Gasteiger partial charge in [0.2, 0.25) is 11.9 Å². The number of hydrogen-bond acceptors (Lipinski definition) is 6. The largest absolute Gasteiger partial charge is 0.369 e. The van der Waals surface area contributed by atoms with Crippen LogP contribution < -0.4 is 21.9 Å². The number of H-pyrrole nitrogens is 2. The summed E-state index contributed by atoms with van der Waals surface area (Å²) in [6.07, 6.45) is 5.32. The summed E-state index contributed by atoms with van der Waals surface area (Å²) in [6.45, 7) is 1.73. The van der Waals surface area contributed by atoms with Crippen molar-refractivity contribution in [2.45, 2.75) is 32.1 Å². The van der Waals surface area contributed by atoms with E-state index >= 15 is 0 Å². The highest BCUT2D eigenvalue weighted by Gasteiger charge is 2.20. The Kier molecular flexibility index (Phi) is 7.70. The van der Waals surface area contributed by atoms with Gasteiger partial charge in [0.1, 0.15) is 0 Å². The second kappa shape index (κ2) is 11.9. The molecular weight excluding hydrogens is 510 g/mol. The number of fused-ring (bicyclic) bond motifs is 2. The average Bonchev–Trinajstić information content (AvgIpc) is 3.43. The summed E-state index contributed by atoms with van der Waals surface area (Å²) in [4.78, 5) is 27.5. The van der Waals surface area contributed by atoms with E-state index in [0.29, 0.717) is 35.1 Å². The zero-order valence-electron chi connectivity index (χ0n) is 23.3. The third kappa shape index (κ3) is 5.96. The molecule has 2 aromatic heterocycles. The molecule has 5 aromatic rings. The fourth-order valence-electron chi connectivity index (χ4n) is 5.79. The Hall–Kier alpha value is -4.61. The van der Waals surface area contributed by atoms with Gasteiger partial charge in [-0.05, 0) is 80.4 Å². The van der Waals surface area contributed by atoms with Crippen LogP contribution in [0.25, 0.3) is 33.1 Å². The normalized spacial score (nSPS) is 16.9. The van der Waals surface area contributed by atoms with Gasteiger partial charge in [0, 0.05) is 24.1 Å². The van der Waals surface area contributed by atoms with Gasteiger partial charge >= 0.3 is 0 Å². The van der Waals surface area contributed by atoms with Crippen molar-refractivity contribution in [3.63, 3.8) is 0 Å². The number of benzene rings is 3. The molecule has 1 aliphatic rings. The van der Waals surface area contributed by atoms with Crippen molar-refractivity contribution < 1.29 is 0 Å². The van der Waals surface area contributed by atoms with Crippen LogP contribution in [0.2, 0.25) is 0 Å². The molecule has 8 nitrogen and oxygen atoms in total. The van der Waals surface area contributed by atoms with Gasteiger partial charge < -0.3 is 21.4 Å². The van der Waals surface area contributed by atoms with Crippen LogP contribution in [0.5, 0.6) is 0 Å². The van der Waals surface area contributed by atoms with Crippen molar-refractivity contribution in [2.24, 2.45) is 11.8 Å². The number of imidazole rings is 1. The number of hydrogen-bond donors (Lipinski definition) is 5.